The third-order valence-electron chi connectivity index (χ3n) is 5.43. The first kappa shape index (κ1) is 29.4. The van der Waals surface area contributed by atoms with Crippen LogP contribution in [0.5, 0.6) is 0 Å². The lowest BCUT2D eigenvalue weighted by Gasteiger charge is -2.22. The summed E-state index contributed by atoms with van der Waals surface area (Å²) < 4.78 is 14.0. The SMILES string of the molecule is CCCCCCCCCCCCCCCCOC(=O)CC(O)(CC(=O)OC)C(=O)OC. The first-order chi connectivity index (χ1) is 14.9. The van der Waals surface area contributed by atoms with Crippen LogP contribution in [0.3, 0.4) is 0 Å². The first-order valence-electron chi connectivity index (χ1n) is 11.9. The lowest BCUT2D eigenvalue weighted by Crippen LogP contribution is -2.44. The molecule has 0 aliphatic heterocycles. The molecule has 0 heterocycles. The zero-order chi connectivity index (χ0) is 23.4. The maximum Gasteiger partial charge on any atom is 0.339 e. The number of hydrogen-bond donors (Lipinski definition) is 1. The van der Waals surface area contributed by atoms with Gasteiger partial charge in [-0.05, 0) is 6.42 Å². The predicted octanol–water partition coefficient (Wildman–Crippen LogP) is 4.87. The number of aliphatic hydroxyl groups is 1. The molecule has 0 aliphatic rings. The van der Waals surface area contributed by atoms with Crippen molar-refractivity contribution in [1.82, 2.24) is 0 Å². The maximum absolute atomic E-state index is 11.9. The lowest BCUT2D eigenvalue weighted by atomic mass is 9.95. The van der Waals surface area contributed by atoms with Gasteiger partial charge >= 0.3 is 17.9 Å². The molecule has 0 aromatic heterocycles. The van der Waals surface area contributed by atoms with Gasteiger partial charge in [0.1, 0.15) is 0 Å². The zero-order valence-electron chi connectivity index (χ0n) is 19.9. The van der Waals surface area contributed by atoms with E-state index in [1.807, 2.05) is 0 Å². The zero-order valence-corrected chi connectivity index (χ0v) is 19.9. The molecular weight excluding hydrogens is 400 g/mol. The van der Waals surface area contributed by atoms with Gasteiger partial charge < -0.3 is 19.3 Å². The van der Waals surface area contributed by atoms with Crippen molar-refractivity contribution in [3.05, 3.63) is 0 Å². The molecule has 0 bridgehead atoms. The number of hydrogen-bond acceptors (Lipinski definition) is 7. The van der Waals surface area contributed by atoms with Gasteiger partial charge in [0.25, 0.3) is 0 Å². The smallest absolute Gasteiger partial charge is 0.339 e. The number of carbonyl (C=O) groups excluding carboxylic acids is 3. The van der Waals surface area contributed by atoms with Gasteiger partial charge in [-0.15, -0.1) is 0 Å². The number of ether oxygens (including phenoxy) is 3. The van der Waals surface area contributed by atoms with Crippen LogP contribution in [0.15, 0.2) is 0 Å². The molecule has 0 saturated carbocycles. The topological polar surface area (TPSA) is 99.1 Å². The van der Waals surface area contributed by atoms with Crippen LogP contribution in [0.4, 0.5) is 0 Å². The van der Waals surface area contributed by atoms with Crippen molar-refractivity contribution in [1.29, 1.82) is 0 Å². The van der Waals surface area contributed by atoms with E-state index in [2.05, 4.69) is 16.4 Å². The quantitative estimate of drug-likeness (QED) is 0.162. The van der Waals surface area contributed by atoms with Crippen LogP contribution in [0.1, 0.15) is 110 Å². The van der Waals surface area contributed by atoms with Gasteiger partial charge in [-0.2, -0.15) is 0 Å². The standard InChI is InChI=1S/C24H44O7/c1-4-5-6-7-8-9-10-11-12-13-14-15-16-17-18-31-22(26)20-24(28,23(27)30-3)19-21(25)29-2/h28H,4-20H2,1-3H3. The predicted molar refractivity (Wildman–Crippen MR) is 119 cm³/mol. The molecule has 1 atom stereocenters. The van der Waals surface area contributed by atoms with Crippen LogP contribution in [-0.4, -0.2) is 49.4 Å². The highest BCUT2D eigenvalue weighted by Crippen LogP contribution is 2.19. The van der Waals surface area contributed by atoms with Crippen molar-refractivity contribution >= 4 is 17.9 Å². The Labute approximate surface area is 188 Å². The third kappa shape index (κ3) is 15.8. The van der Waals surface area contributed by atoms with E-state index < -0.39 is 36.4 Å². The second-order valence-corrected chi connectivity index (χ2v) is 8.27. The van der Waals surface area contributed by atoms with Crippen molar-refractivity contribution in [2.75, 3.05) is 20.8 Å². The minimum atomic E-state index is -2.27. The van der Waals surface area contributed by atoms with Gasteiger partial charge in [0.05, 0.1) is 33.7 Å². The molecule has 0 amide bonds. The van der Waals surface area contributed by atoms with E-state index in [-0.39, 0.29) is 6.61 Å². The van der Waals surface area contributed by atoms with Crippen LogP contribution in [0.25, 0.3) is 0 Å². The highest BCUT2D eigenvalue weighted by atomic mass is 16.6. The first-order valence-corrected chi connectivity index (χ1v) is 11.9. The highest BCUT2D eigenvalue weighted by Gasteiger charge is 2.42. The monoisotopic (exact) mass is 444 g/mol. The van der Waals surface area contributed by atoms with Gasteiger partial charge in [-0.1, -0.05) is 90.4 Å². The minimum Gasteiger partial charge on any atom is -0.469 e. The molecule has 1 unspecified atom stereocenters. The molecule has 182 valence electrons. The number of esters is 3. The van der Waals surface area contributed by atoms with Crippen molar-refractivity contribution in [2.45, 2.75) is 115 Å². The molecule has 7 heteroatoms. The van der Waals surface area contributed by atoms with Gasteiger partial charge in [-0.25, -0.2) is 4.79 Å². The summed E-state index contributed by atoms with van der Waals surface area (Å²) in [6, 6.07) is 0. The fourth-order valence-corrected chi connectivity index (χ4v) is 3.48. The Morgan fingerprint density at radius 2 is 1.06 bits per heavy atom. The van der Waals surface area contributed by atoms with Crippen molar-refractivity contribution < 1.29 is 33.7 Å². The van der Waals surface area contributed by atoms with Gasteiger partial charge in [0.15, 0.2) is 5.60 Å². The Morgan fingerprint density at radius 3 is 1.48 bits per heavy atom. The molecule has 7 nitrogen and oxygen atoms in total. The van der Waals surface area contributed by atoms with Crippen molar-refractivity contribution in [2.24, 2.45) is 0 Å². The second-order valence-electron chi connectivity index (χ2n) is 8.27. The van der Waals surface area contributed by atoms with E-state index in [1.165, 1.54) is 70.6 Å². The van der Waals surface area contributed by atoms with E-state index >= 15 is 0 Å². The molecule has 0 aromatic carbocycles. The summed E-state index contributed by atoms with van der Waals surface area (Å²) in [7, 11) is 2.21. The molecule has 0 fully saturated rings. The second kappa shape index (κ2) is 19.1. The van der Waals surface area contributed by atoms with Crippen LogP contribution < -0.4 is 0 Å². The van der Waals surface area contributed by atoms with Crippen LogP contribution in [0, 0.1) is 0 Å². The molecule has 1 N–H and O–H groups in total. The summed E-state index contributed by atoms with van der Waals surface area (Å²) >= 11 is 0. The van der Waals surface area contributed by atoms with E-state index in [9.17, 15) is 19.5 Å². The van der Waals surface area contributed by atoms with E-state index in [0.29, 0.717) is 0 Å². The molecule has 31 heavy (non-hydrogen) atoms. The Hall–Kier alpha value is -1.63. The Balaban J connectivity index is 3.72. The van der Waals surface area contributed by atoms with Crippen molar-refractivity contribution in [3.63, 3.8) is 0 Å². The van der Waals surface area contributed by atoms with Gasteiger partial charge in [0.2, 0.25) is 0 Å². The Morgan fingerprint density at radius 1 is 0.645 bits per heavy atom. The normalized spacial score (nSPS) is 12.8. The summed E-state index contributed by atoms with van der Waals surface area (Å²) in [5.41, 5.74) is -2.27. The number of carbonyl (C=O) groups is 3. The molecule has 0 aliphatic carbocycles. The van der Waals surface area contributed by atoms with Gasteiger partial charge in [0, 0.05) is 0 Å². The lowest BCUT2D eigenvalue weighted by molar-refractivity contribution is -0.175. The summed E-state index contributed by atoms with van der Waals surface area (Å²) in [6.45, 7) is 2.47. The van der Waals surface area contributed by atoms with E-state index in [0.717, 1.165) is 33.5 Å². The third-order valence-corrected chi connectivity index (χ3v) is 5.43. The van der Waals surface area contributed by atoms with E-state index in [1.54, 1.807) is 0 Å². The van der Waals surface area contributed by atoms with Crippen molar-refractivity contribution in [3.8, 4) is 0 Å². The average Bonchev–Trinajstić information content (AvgIpc) is 2.75. The van der Waals surface area contributed by atoms with Gasteiger partial charge in [-0.3, -0.25) is 9.59 Å². The Kier molecular flexibility index (Phi) is 18.1. The summed E-state index contributed by atoms with van der Waals surface area (Å²) in [4.78, 5) is 35.1. The largest absolute Gasteiger partial charge is 0.469 e. The van der Waals surface area contributed by atoms with E-state index in [4.69, 9.17) is 4.74 Å². The molecular formula is C24H44O7. The molecule has 0 saturated heterocycles. The highest BCUT2D eigenvalue weighted by molar-refractivity contribution is 5.89. The molecule has 0 aromatic rings. The summed E-state index contributed by atoms with van der Waals surface area (Å²) in [6.07, 6.45) is 16.0. The molecule has 0 radical (unpaired) electrons. The van der Waals surface area contributed by atoms with Crippen LogP contribution >= 0.6 is 0 Å². The average molecular weight is 445 g/mol. The fourth-order valence-electron chi connectivity index (χ4n) is 3.48. The fraction of sp³-hybridized carbons (Fsp3) is 0.875. The summed E-state index contributed by atoms with van der Waals surface area (Å²) in [5, 5.41) is 10.3. The number of rotatable bonds is 20. The maximum atomic E-state index is 11.9. The Bertz CT molecular complexity index is 492. The summed E-state index contributed by atoms with van der Waals surface area (Å²) in [5.74, 6) is -2.62. The minimum absolute atomic E-state index is 0.229. The van der Waals surface area contributed by atoms with Crippen LogP contribution in [-0.2, 0) is 28.6 Å². The molecule has 0 spiro atoms. The number of unbranched alkanes of at least 4 members (excludes halogenated alkanes) is 13. The molecule has 0 rings (SSSR count). The van der Waals surface area contributed by atoms with Crippen LogP contribution in [0.2, 0.25) is 0 Å². The number of methoxy groups -OCH3 is 2.